The lowest BCUT2D eigenvalue weighted by Crippen LogP contribution is -2.31. The van der Waals surface area contributed by atoms with E-state index >= 15 is 0 Å². The first-order chi connectivity index (χ1) is 14.0. The molecule has 2 aliphatic rings. The Balaban J connectivity index is 1.67. The number of para-hydroxylation sites is 1. The highest BCUT2D eigenvalue weighted by molar-refractivity contribution is 5.82. The normalized spacial score (nSPS) is 22.7. The Bertz CT molecular complexity index is 1070. The Morgan fingerprint density at radius 2 is 1.52 bits per heavy atom. The summed E-state index contributed by atoms with van der Waals surface area (Å²) >= 11 is 0. The Morgan fingerprint density at radius 1 is 0.793 bits per heavy atom. The van der Waals surface area contributed by atoms with Gasteiger partial charge in [-0.05, 0) is 35.1 Å². The second-order valence-corrected chi connectivity index (χ2v) is 7.70. The number of benzene rings is 3. The maximum Gasteiger partial charge on any atom is 0.416 e. The summed E-state index contributed by atoms with van der Waals surface area (Å²) in [5.74, 6) is 0.179. The molecule has 5 rings (SSSR count). The number of rotatable bonds is 2. The van der Waals surface area contributed by atoms with Crippen LogP contribution in [0.3, 0.4) is 0 Å². The monoisotopic (exact) mass is 391 g/mol. The van der Waals surface area contributed by atoms with Crippen molar-refractivity contribution < 1.29 is 13.2 Å². The standard InChI is InChI=1S/C25H20F3N/c26-25(27,28)22-15-5-4-10-21(22)24-20-14-7-12-18(20)19-13-6-11-17(23(19)29-24)16-8-2-1-3-9-16/h1-13,15,18,20,24,29H,14H2/t18-,20-,24+/m0/s1. The van der Waals surface area contributed by atoms with Crippen molar-refractivity contribution in [1.29, 1.82) is 0 Å². The molecule has 1 nitrogen and oxygen atoms in total. The molecular weight excluding hydrogens is 371 g/mol. The van der Waals surface area contributed by atoms with E-state index in [1.807, 2.05) is 42.5 Å². The largest absolute Gasteiger partial charge is 0.416 e. The van der Waals surface area contributed by atoms with Gasteiger partial charge in [0.2, 0.25) is 0 Å². The van der Waals surface area contributed by atoms with Gasteiger partial charge in [-0.25, -0.2) is 0 Å². The van der Waals surface area contributed by atoms with Gasteiger partial charge in [0.25, 0.3) is 0 Å². The molecule has 1 aliphatic carbocycles. The van der Waals surface area contributed by atoms with Gasteiger partial charge in [-0.2, -0.15) is 13.2 Å². The Hall–Kier alpha value is -3.01. The average molecular weight is 391 g/mol. The summed E-state index contributed by atoms with van der Waals surface area (Å²) in [7, 11) is 0. The van der Waals surface area contributed by atoms with Crippen molar-refractivity contribution in [2.24, 2.45) is 5.92 Å². The molecule has 0 spiro atoms. The lowest BCUT2D eigenvalue weighted by Gasteiger charge is -2.39. The average Bonchev–Trinajstić information content (AvgIpc) is 3.23. The van der Waals surface area contributed by atoms with Crippen LogP contribution in [0.15, 0.2) is 84.9 Å². The van der Waals surface area contributed by atoms with E-state index in [9.17, 15) is 13.2 Å². The molecule has 0 saturated carbocycles. The van der Waals surface area contributed by atoms with Crippen LogP contribution in [0.5, 0.6) is 0 Å². The molecular formula is C25H20F3N. The Labute approximate surface area is 167 Å². The van der Waals surface area contributed by atoms with E-state index in [0.717, 1.165) is 28.8 Å². The van der Waals surface area contributed by atoms with Gasteiger partial charge in [0.15, 0.2) is 0 Å². The number of allylic oxidation sites excluding steroid dienone is 2. The summed E-state index contributed by atoms with van der Waals surface area (Å²) in [6.07, 6.45) is 0.648. The number of anilines is 1. The molecule has 146 valence electrons. The van der Waals surface area contributed by atoms with E-state index in [4.69, 9.17) is 0 Å². The van der Waals surface area contributed by atoms with Crippen molar-refractivity contribution in [1.82, 2.24) is 0 Å². The molecule has 3 aromatic carbocycles. The number of hydrogen-bond donors (Lipinski definition) is 1. The zero-order chi connectivity index (χ0) is 20.0. The van der Waals surface area contributed by atoms with Crippen LogP contribution in [0.4, 0.5) is 18.9 Å². The molecule has 3 aromatic rings. The van der Waals surface area contributed by atoms with Crippen LogP contribution in [0.25, 0.3) is 11.1 Å². The lowest BCUT2D eigenvalue weighted by molar-refractivity contribution is -0.138. The highest BCUT2D eigenvalue weighted by atomic mass is 19.4. The molecule has 0 saturated heterocycles. The summed E-state index contributed by atoms with van der Waals surface area (Å²) < 4.78 is 41.2. The van der Waals surface area contributed by atoms with Crippen molar-refractivity contribution in [3.63, 3.8) is 0 Å². The molecule has 0 fully saturated rings. The third kappa shape index (κ3) is 3.03. The van der Waals surface area contributed by atoms with Crippen LogP contribution in [0.2, 0.25) is 0 Å². The highest BCUT2D eigenvalue weighted by Gasteiger charge is 2.42. The van der Waals surface area contributed by atoms with E-state index in [-0.39, 0.29) is 11.8 Å². The van der Waals surface area contributed by atoms with Gasteiger partial charge in [0.05, 0.1) is 11.6 Å². The minimum absolute atomic E-state index is 0.0667. The Morgan fingerprint density at radius 3 is 2.31 bits per heavy atom. The number of nitrogens with one attached hydrogen (secondary N) is 1. The molecule has 0 unspecified atom stereocenters. The third-order valence-electron chi connectivity index (χ3n) is 6.08. The molecule has 3 atom stereocenters. The maximum atomic E-state index is 13.7. The summed E-state index contributed by atoms with van der Waals surface area (Å²) in [5.41, 5.74) is 3.95. The molecule has 1 heterocycles. The minimum atomic E-state index is -4.38. The van der Waals surface area contributed by atoms with Crippen molar-refractivity contribution in [2.45, 2.75) is 24.6 Å². The van der Waals surface area contributed by atoms with Crippen molar-refractivity contribution in [3.05, 3.63) is 102 Å². The zero-order valence-corrected chi connectivity index (χ0v) is 15.7. The SMILES string of the molecule is FC(F)(F)c1ccccc1[C@@H]1Nc2c(-c3ccccc3)cccc2[C@@H]2C=CC[C@@H]21. The molecule has 29 heavy (non-hydrogen) atoms. The molecule has 1 aliphatic heterocycles. The fourth-order valence-corrected chi connectivity index (χ4v) is 4.81. The molecule has 0 bridgehead atoms. The summed E-state index contributed by atoms with van der Waals surface area (Å²) in [6.45, 7) is 0. The van der Waals surface area contributed by atoms with Crippen molar-refractivity contribution >= 4 is 5.69 Å². The van der Waals surface area contributed by atoms with E-state index < -0.39 is 17.8 Å². The smallest absolute Gasteiger partial charge is 0.377 e. The number of hydrogen-bond acceptors (Lipinski definition) is 1. The van der Waals surface area contributed by atoms with Crippen LogP contribution in [0.1, 0.15) is 35.1 Å². The number of fused-ring (bicyclic) bond motifs is 3. The Kier molecular flexibility index (Phi) is 4.23. The van der Waals surface area contributed by atoms with Crippen LogP contribution in [-0.4, -0.2) is 0 Å². The van der Waals surface area contributed by atoms with Crippen LogP contribution in [-0.2, 0) is 6.18 Å². The van der Waals surface area contributed by atoms with Crippen LogP contribution in [0, 0.1) is 5.92 Å². The second-order valence-electron chi connectivity index (χ2n) is 7.70. The summed E-state index contributed by atoms with van der Waals surface area (Å²) in [6, 6.07) is 21.7. The van der Waals surface area contributed by atoms with Crippen molar-refractivity contribution in [3.8, 4) is 11.1 Å². The quantitative estimate of drug-likeness (QED) is 0.456. The fraction of sp³-hybridized carbons (Fsp3) is 0.200. The molecule has 4 heteroatoms. The lowest BCUT2D eigenvalue weighted by atomic mass is 9.75. The predicted molar refractivity (Wildman–Crippen MR) is 110 cm³/mol. The van der Waals surface area contributed by atoms with Gasteiger partial charge < -0.3 is 5.32 Å². The first kappa shape index (κ1) is 18.0. The van der Waals surface area contributed by atoms with Gasteiger partial charge >= 0.3 is 6.18 Å². The van der Waals surface area contributed by atoms with Gasteiger partial charge in [-0.15, -0.1) is 0 Å². The van der Waals surface area contributed by atoms with E-state index in [2.05, 4.69) is 23.5 Å². The van der Waals surface area contributed by atoms with E-state index in [1.54, 1.807) is 12.1 Å². The zero-order valence-electron chi connectivity index (χ0n) is 15.7. The summed E-state index contributed by atoms with van der Waals surface area (Å²) in [5, 5.41) is 3.52. The molecule has 0 aromatic heterocycles. The first-order valence-corrected chi connectivity index (χ1v) is 9.81. The van der Waals surface area contributed by atoms with Gasteiger partial charge in [-0.3, -0.25) is 0 Å². The minimum Gasteiger partial charge on any atom is -0.377 e. The van der Waals surface area contributed by atoms with E-state index in [1.165, 1.54) is 12.1 Å². The molecule has 0 amide bonds. The van der Waals surface area contributed by atoms with Gasteiger partial charge in [-0.1, -0.05) is 78.9 Å². The third-order valence-corrected chi connectivity index (χ3v) is 6.08. The van der Waals surface area contributed by atoms with Gasteiger partial charge in [0, 0.05) is 17.2 Å². The highest BCUT2D eigenvalue weighted by Crippen LogP contribution is 2.53. The maximum absolute atomic E-state index is 13.7. The number of alkyl halides is 3. The topological polar surface area (TPSA) is 12.0 Å². The van der Waals surface area contributed by atoms with Crippen LogP contribution < -0.4 is 5.32 Å². The van der Waals surface area contributed by atoms with Gasteiger partial charge in [0.1, 0.15) is 0 Å². The van der Waals surface area contributed by atoms with Crippen LogP contribution >= 0.6 is 0 Å². The summed E-state index contributed by atoms with van der Waals surface area (Å²) in [4.78, 5) is 0. The molecule has 1 N–H and O–H groups in total. The second kappa shape index (κ2) is 6.80. The molecule has 0 radical (unpaired) electrons. The predicted octanol–water partition coefficient (Wildman–Crippen LogP) is 7.20. The van der Waals surface area contributed by atoms with Crippen molar-refractivity contribution in [2.75, 3.05) is 5.32 Å². The first-order valence-electron chi connectivity index (χ1n) is 9.81. The van der Waals surface area contributed by atoms with E-state index in [0.29, 0.717) is 5.56 Å². The number of halogens is 3. The fourth-order valence-electron chi connectivity index (χ4n) is 4.81.